The highest BCUT2D eigenvalue weighted by atomic mass is 35.5. The molecule has 0 radical (unpaired) electrons. The molecule has 1 atom stereocenters. The fourth-order valence-electron chi connectivity index (χ4n) is 1.90. The smallest absolute Gasteiger partial charge is 0.211 e. The molecule has 2 aromatic rings. The van der Waals surface area contributed by atoms with Crippen LogP contribution in [0.1, 0.15) is 37.8 Å². The molecule has 1 aromatic heterocycles. The van der Waals surface area contributed by atoms with Gasteiger partial charge in [0.2, 0.25) is 5.89 Å². The zero-order valence-corrected chi connectivity index (χ0v) is 12.3. The molecule has 19 heavy (non-hydrogen) atoms. The molecular formula is C15H19ClN2O. The average Bonchev–Trinajstić information content (AvgIpc) is 2.88. The van der Waals surface area contributed by atoms with Crippen molar-refractivity contribution < 1.29 is 4.42 Å². The second kappa shape index (κ2) is 6.22. The number of oxazole rings is 1. The van der Waals surface area contributed by atoms with Crippen LogP contribution >= 0.6 is 11.6 Å². The summed E-state index contributed by atoms with van der Waals surface area (Å²) in [7, 11) is 0. The van der Waals surface area contributed by atoms with Crippen molar-refractivity contribution in [2.24, 2.45) is 0 Å². The molecule has 0 bridgehead atoms. The summed E-state index contributed by atoms with van der Waals surface area (Å²) >= 11 is 6.30. The minimum atomic E-state index is 0.109. The summed E-state index contributed by atoms with van der Waals surface area (Å²) in [5.41, 5.74) is 1.93. The van der Waals surface area contributed by atoms with Crippen LogP contribution in [0.15, 0.2) is 28.8 Å². The molecule has 0 saturated carbocycles. The monoisotopic (exact) mass is 278 g/mol. The maximum absolute atomic E-state index is 6.30. The van der Waals surface area contributed by atoms with E-state index in [1.807, 2.05) is 32.0 Å². The fourth-order valence-corrected chi connectivity index (χ4v) is 2.12. The van der Waals surface area contributed by atoms with E-state index >= 15 is 0 Å². The van der Waals surface area contributed by atoms with Gasteiger partial charge >= 0.3 is 0 Å². The van der Waals surface area contributed by atoms with Crippen molar-refractivity contribution in [2.45, 2.75) is 33.2 Å². The van der Waals surface area contributed by atoms with Gasteiger partial charge in [-0.1, -0.05) is 30.7 Å². The van der Waals surface area contributed by atoms with Crippen LogP contribution in [0.4, 0.5) is 0 Å². The summed E-state index contributed by atoms with van der Waals surface area (Å²) in [6.07, 6.45) is 2.82. The number of nitrogens with one attached hydrogen (secondary N) is 1. The van der Waals surface area contributed by atoms with Crippen LogP contribution in [-0.4, -0.2) is 11.5 Å². The van der Waals surface area contributed by atoms with E-state index in [9.17, 15) is 0 Å². The van der Waals surface area contributed by atoms with Crippen LogP contribution < -0.4 is 5.32 Å². The topological polar surface area (TPSA) is 38.1 Å². The van der Waals surface area contributed by atoms with Crippen LogP contribution in [0.2, 0.25) is 5.02 Å². The quantitative estimate of drug-likeness (QED) is 0.883. The molecule has 0 aliphatic heterocycles. The fraction of sp³-hybridized carbons (Fsp3) is 0.400. The van der Waals surface area contributed by atoms with Crippen LogP contribution in [0.5, 0.6) is 0 Å². The highest BCUT2D eigenvalue weighted by Crippen LogP contribution is 2.31. The third-order valence-corrected chi connectivity index (χ3v) is 3.55. The van der Waals surface area contributed by atoms with E-state index in [2.05, 4.69) is 17.2 Å². The first-order valence-corrected chi connectivity index (χ1v) is 6.96. The third kappa shape index (κ3) is 3.17. The maximum Gasteiger partial charge on any atom is 0.211 e. The Kier molecular flexibility index (Phi) is 4.61. The Labute approximate surface area is 119 Å². The minimum absolute atomic E-state index is 0.109. The van der Waals surface area contributed by atoms with E-state index in [1.54, 1.807) is 6.20 Å². The molecule has 2 rings (SSSR count). The van der Waals surface area contributed by atoms with Gasteiger partial charge in [-0.3, -0.25) is 0 Å². The molecule has 4 heteroatoms. The van der Waals surface area contributed by atoms with Gasteiger partial charge in [0, 0.05) is 5.56 Å². The standard InChI is InChI=1S/C15H19ClN2O/c1-4-8-17-11(3)15-18-9-13(19-15)12-7-5-6-10(2)14(12)16/h5-7,9,11,17H,4,8H2,1-3H3. The highest BCUT2D eigenvalue weighted by Gasteiger charge is 2.14. The summed E-state index contributed by atoms with van der Waals surface area (Å²) in [4.78, 5) is 4.33. The molecule has 1 N–H and O–H groups in total. The van der Waals surface area contributed by atoms with Crippen LogP contribution in [-0.2, 0) is 0 Å². The van der Waals surface area contributed by atoms with Gasteiger partial charge < -0.3 is 9.73 Å². The molecule has 0 saturated heterocycles. The number of aromatic nitrogens is 1. The molecule has 0 aliphatic carbocycles. The van der Waals surface area contributed by atoms with Crippen molar-refractivity contribution >= 4 is 11.6 Å². The second-order valence-corrected chi connectivity index (χ2v) is 5.05. The van der Waals surface area contributed by atoms with Crippen molar-refractivity contribution in [1.82, 2.24) is 10.3 Å². The Morgan fingerprint density at radius 2 is 2.21 bits per heavy atom. The van der Waals surface area contributed by atoms with Gasteiger partial charge in [0.15, 0.2) is 5.76 Å². The van der Waals surface area contributed by atoms with Gasteiger partial charge in [0.25, 0.3) is 0 Å². The second-order valence-electron chi connectivity index (χ2n) is 4.68. The Balaban J connectivity index is 2.23. The minimum Gasteiger partial charge on any atom is -0.439 e. The van der Waals surface area contributed by atoms with Crippen molar-refractivity contribution in [3.63, 3.8) is 0 Å². The molecule has 102 valence electrons. The number of hydrogen-bond donors (Lipinski definition) is 1. The normalized spacial score (nSPS) is 12.6. The predicted octanol–water partition coefficient (Wildman–Crippen LogP) is 4.36. The highest BCUT2D eigenvalue weighted by molar-refractivity contribution is 6.33. The van der Waals surface area contributed by atoms with E-state index in [1.165, 1.54) is 0 Å². The largest absolute Gasteiger partial charge is 0.439 e. The predicted molar refractivity (Wildman–Crippen MR) is 78.4 cm³/mol. The molecule has 0 aliphatic rings. The Bertz CT molecular complexity index is 551. The van der Waals surface area contributed by atoms with Gasteiger partial charge in [-0.25, -0.2) is 4.98 Å². The number of nitrogens with zero attached hydrogens (tertiary/aromatic N) is 1. The first-order chi connectivity index (χ1) is 9.13. The van der Waals surface area contributed by atoms with Crippen molar-refractivity contribution in [3.8, 4) is 11.3 Å². The van der Waals surface area contributed by atoms with Crippen LogP contribution in [0.25, 0.3) is 11.3 Å². The summed E-state index contributed by atoms with van der Waals surface area (Å²) in [5.74, 6) is 1.41. The van der Waals surface area contributed by atoms with E-state index in [0.717, 1.165) is 29.1 Å². The molecule has 1 heterocycles. The number of halogens is 1. The molecule has 1 unspecified atom stereocenters. The van der Waals surface area contributed by atoms with Crippen LogP contribution in [0.3, 0.4) is 0 Å². The molecule has 0 fully saturated rings. The number of hydrogen-bond acceptors (Lipinski definition) is 3. The van der Waals surface area contributed by atoms with Crippen molar-refractivity contribution in [2.75, 3.05) is 6.54 Å². The molecule has 3 nitrogen and oxygen atoms in total. The van der Waals surface area contributed by atoms with Crippen LogP contribution in [0, 0.1) is 6.92 Å². The van der Waals surface area contributed by atoms with E-state index < -0.39 is 0 Å². The van der Waals surface area contributed by atoms with E-state index in [4.69, 9.17) is 16.0 Å². The van der Waals surface area contributed by atoms with Gasteiger partial charge in [-0.15, -0.1) is 0 Å². The Morgan fingerprint density at radius 1 is 1.42 bits per heavy atom. The van der Waals surface area contributed by atoms with Crippen molar-refractivity contribution in [3.05, 3.63) is 40.9 Å². The molecular weight excluding hydrogens is 260 g/mol. The first-order valence-electron chi connectivity index (χ1n) is 6.58. The molecule has 1 aromatic carbocycles. The summed E-state index contributed by atoms with van der Waals surface area (Å²) < 4.78 is 5.81. The molecule has 0 spiro atoms. The summed E-state index contributed by atoms with van der Waals surface area (Å²) in [6, 6.07) is 6.01. The van der Waals surface area contributed by atoms with Gasteiger partial charge in [0.05, 0.1) is 17.3 Å². The summed E-state index contributed by atoms with van der Waals surface area (Å²) in [5, 5.41) is 4.07. The van der Waals surface area contributed by atoms with Gasteiger partial charge in [-0.05, 0) is 38.4 Å². The third-order valence-electron chi connectivity index (χ3n) is 3.05. The zero-order valence-electron chi connectivity index (χ0n) is 11.5. The number of rotatable bonds is 5. The SMILES string of the molecule is CCCNC(C)c1ncc(-c2cccc(C)c2Cl)o1. The van der Waals surface area contributed by atoms with Gasteiger partial charge in [-0.2, -0.15) is 0 Å². The van der Waals surface area contributed by atoms with E-state index in [-0.39, 0.29) is 6.04 Å². The zero-order chi connectivity index (χ0) is 13.8. The lowest BCUT2D eigenvalue weighted by Gasteiger charge is -2.08. The lowest BCUT2D eigenvalue weighted by atomic mass is 10.1. The van der Waals surface area contributed by atoms with E-state index in [0.29, 0.717) is 11.7 Å². The lowest BCUT2D eigenvalue weighted by Crippen LogP contribution is -2.19. The van der Waals surface area contributed by atoms with Crippen molar-refractivity contribution in [1.29, 1.82) is 0 Å². The number of benzene rings is 1. The molecule has 0 amide bonds. The average molecular weight is 279 g/mol. The first kappa shape index (κ1) is 14.1. The lowest BCUT2D eigenvalue weighted by molar-refractivity contribution is 0.423. The Morgan fingerprint density at radius 3 is 2.95 bits per heavy atom. The summed E-state index contributed by atoms with van der Waals surface area (Å²) in [6.45, 7) is 7.11. The van der Waals surface area contributed by atoms with Gasteiger partial charge in [0.1, 0.15) is 0 Å². The Hall–Kier alpha value is -1.32. The maximum atomic E-state index is 6.30. The number of aryl methyl sites for hydroxylation is 1.